The maximum absolute atomic E-state index is 3.36. The highest BCUT2D eigenvalue weighted by Gasteiger charge is 1.30. The van der Waals surface area contributed by atoms with Crippen LogP contribution < -0.4 is 0 Å². The Balaban J connectivity index is -0.0000000184. The van der Waals surface area contributed by atoms with Gasteiger partial charge in [0, 0.05) is 0 Å². The third kappa shape index (κ3) is 654. The van der Waals surface area contributed by atoms with Gasteiger partial charge in [-0.15, -0.1) is 0 Å². The lowest BCUT2D eigenvalue weighted by atomic mass is 10.6. The fourth-order valence-corrected chi connectivity index (χ4v) is 0. The van der Waals surface area contributed by atoms with E-state index in [2.05, 4.69) is 39.5 Å². The largest absolute Gasteiger partial charge is 0.0991 e. The normalized spacial score (nSPS) is 4.00. The molecule has 0 aliphatic heterocycles. The van der Waals surface area contributed by atoms with Crippen LogP contribution in [0.25, 0.3) is 0 Å². The number of allylic oxidation sites excluding steroid dienone is 6. The van der Waals surface area contributed by atoms with E-state index in [1.807, 2.05) is 0 Å². The van der Waals surface area contributed by atoms with E-state index in [4.69, 9.17) is 0 Å². The van der Waals surface area contributed by atoms with Gasteiger partial charge in [-0.3, -0.25) is 0 Å². The Morgan fingerprint density at radius 2 is 0.400 bits per heavy atom. The van der Waals surface area contributed by atoms with Crippen LogP contribution in [0.3, 0.4) is 0 Å². The van der Waals surface area contributed by atoms with Gasteiger partial charge in [0.25, 0.3) is 0 Å². The SMILES string of the molecule is C.C.C.C=CC=C.C=CC=C.C=CC=C. The molecule has 0 aromatic heterocycles. The van der Waals surface area contributed by atoms with E-state index in [1.165, 1.54) is 0 Å². The second-order valence-corrected chi connectivity index (χ2v) is 1.41. The first-order valence-electron chi connectivity index (χ1n) is 3.45. The average molecular weight is 210 g/mol. The molecule has 0 amide bonds. The molecule has 0 rings (SSSR count). The van der Waals surface area contributed by atoms with Crippen molar-refractivity contribution in [1.82, 2.24) is 0 Å². The summed E-state index contributed by atoms with van der Waals surface area (Å²) in [6, 6.07) is 0. The molecule has 90 valence electrons. The summed E-state index contributed by atoms with van der Waals surface area (Å²) >= 11 is 0. The summed E-state index contributed by atoms with van der Waals surface area (Å²) in [5, 5.41) is 0. The summed E-state index contributed by atoms with van der Waals surface area (Å²) in [7, 11) is 0. The molecule has 0 bridgehead atoms. The van der Waals surface area contributed by atoms with E-state index in [9.17, 15) is 0 Å². The van der Waals surface area contributed by atoms with Crippen LogP contribution in [0.2, 0.25) is 0 Å². The van der Waals surface area contributed by atoms with E-state index in [-0.39, 0.29) is 22.3 Å². The molecule has 0 saturated carbocycles. The summed E-state index contributed by atoms with van der Waals surface area (Å²) < 4.78 is 0. The third-order valence-corrected chi connectivity index (χ3v) is 0.500. The molecule has 0 N–H and O–H groups in total. The fourth-order valence-electron chi connectivity index (χ4n) is 0. The molecular weight excluding hydrogens is 180 g/mol. The minimum absolute atomic E-state index is 0. The van der Waals surface area contributed by atoms with Crippen LogP contribution in [0.1, 0.15) is 22.3 Å². The first-order valence-corrected chi connectivity index (χ1v) is 3.45. The maximum Gasteiger partial charge on any atom is -0.0701 e. The van der Waals surface area contributed by atoms with E-state index < -0.39 is 0 Å². The zero-order valence-corrected chi connectivity index (χ0v) is 7.71. The number of rotatable bonds is 3. The predicted octanol–water partition coefficient (Wildman–Crippen LogP) is 5.98. The van der Waals surface area contributed by atoms with Gasteiger partial charge in [0.15, 0.2) is 0 Å². The highest BCUT2D eigenvalue weighted by atomic mass is 13.4. The molecule has 0 radical (unpaired) electrons. The van der Waals surface area contributed by atoms with Gasteiger partial charge in [0.05, 0.1) is 0 Å². The van der Waals surface area contributed by atoms with Crippen molar-refractivity contribution in [2.45, 2.75) is 22.3 Å². The van der Waals surface area contributed by atoms with Gasteiger partial charge in [0.2, 0.25) is 0 Å². The van der Waals surface area contributed by atoms with Crippen LogP contribution in [0.5, 0.6) is 0 Å². The van der Waals surface area contributed by atoms with Crippen LogP contribution in [0, 0.1) is 0 Å². The summed E-state index contributed by atoms with van der Waals surface area (Å²) in [5.41, 5.74) is 0. The maximum atomic E-state index is 3.36. The summed E-state index contributed by atoms with van der Waals surface area (Å²) in [4.78, 5) is 0. The van der Waals surface area contributed by atoms with Crippen molar-refractivity contribution < 1.29 is 0 Å². The van der Waals surface area contributed by atoms with Gasteiger partial charge in [-0.25, -0.2) is 0 Å². The lowest BCUT2D eigenvalue weighted by molar-refractivity contribution is 2.15. The van der Waals surface area contributed by atoms with Crippen molar-refractivity contribution >= 4 is 0 Å². The monoisotopic (exact) mass is 210 g/mol. The number of hydrogen-bond acceptors (Lipinski definition) is 0. The Hall–Kier alpha value is -1.56. The molecule has 0 saturated heterocycles. The second kappa shape index (κ2) is 82.6. The van der Waals surface area contributed by atoms with Gasteiger partial charge < -0.3 is 0 Å². The van der Waals surface area contributed by atoms with Crippen molar-refractivity contribution in [2.75, 3.05) is 0 Å². The molecular formula is C15H30. The standard InChI is InChI=1S/3C4H6.3CH4/c3*1-3-4-2;;;/h3*3-4H,1-2H2;3*1H4. The topological polar surface area (TPSA) is 0 Å². The van der Waals surface area contributed by atoms with Crippen molar-refractivity contribution in [3.8, 4) is 0 Å². The first kappa shape index (κ1) is 37.6. The highest BCUT2D eigenvalue weighted by molar-refractivity contribution is 4.89. The van der Waals surface area contributed by atoms with Gasteiger partial charge in [-0.2, -0.15) is 0 Å². The van der Waals surface area contributed by atoms with Crippen LogP contribution in [-0.2, 0) is 0 Å². The van der Waals surface area contributed by atoms with Crippen molar-refractivity contribution in [1.29, 1.82) is 0 Å². The molecule has 0 atom stereocenters. The lowest BCUT2D eigenvalue weighted by Crippen LogP contribution is -1.21. The van der Waals surface area contributed by atoms with Gasteiger partial charge in [-0.1, -0.05) is 98.2 Å². The van der Waals surface area contributed by atoms with E-state index in [0.29, 0.717) is 0 Å². The molecule has 0 fully saturated rings. The Labute approximate surface area is 98.7 Å². The molecule has 0 unspecified atom stereocenters. The molecule has 0 aromatic rings. The Morgan fingerprint density at radius 1 is 0.333 bits per heavy atom. The van der Waals surface area contributed by atoms with E-state index in [0.717, 1.165) is 0 Å². The van der Waals surface area contributed by atoms with Gasteiger partial charge in [-0.05, 0) is 0 Å². The zero-order valence-electron chi connectivity index (χ0n) is 7.71. The molecule has 0 nitrogen and oxygen atoms in total. The Morgan fingerprint density at radius 3 is 0.400 bits per heavy atom. The Kier molecular flexibility index (Phi) is 207. The van der Waals surface area contributed by atoms with Crippen LogP contribution >= 0.6 is 0 Å². The minimum Gasteiger partial charge on any atom is -0.0991 e. The van der Waals surface area contributed by atoms with Crippen molar-refractivity contribution in [2.24, 2.45) is 0 Å². The highest BCUT2D eigenvalue weighted by Crippen LogP contribution is 1.53. The van der Waals surface area contributed by atoms with Gasteiger partial charge in [0.1, 0.15) is 0 Å². The quantitative estimate of drug-likeness (QED) is 0.502. The number of hydrogen-bond donors (Lipinski definition) is 0. The van der Waals surface area contributed by atoms with Crippen LogP contribution in [0.4, 0.5) is 0 Å². The summed E-state index contributed by atoms with van der Waals surface area (Å²) in [6.07, 6.45) is 9.83. The molecule has 15 heavy (non-hydrogen) atoms. The summed E-state index contributed by atoms with van der Waals surface area (Å²) in [6.45, 7) is 20.2. The summed E-state index contributed by atoms with van der Waals surface area (Å²) in [5.74, 6) is 0. The van der Waals surface area contributed by atoms with Crippen molar-refractivity contribution in [3.63, 3.8) is 0 Å². The van der Waals surface area contributed by atoms with Crippen molar-refractivity contribution in [3.05, 3.63) is 75.9 Å². The molecule has 0 aliphatic carbocycles. The average Bonchev–Trinajstić information content (AvgIpc) is 2.18. The van der Waals surface area contributed by atoms with Crippen LogP contribution in [0.15, 0.2) is 75.9 Å². The minimum atomic E-state index is 0. The predicted molar refractivity (Wildman–Crippen MR) is 81.4 cm³/mol. The van der Waals surface area contributed by atoms with Crippen LogP contribution in [-0.4, -0.2) is 0 Å². The lowest BCUT2D eigenvalue weighted by Gasteiger charge is -1.44. The third-order valence-electron chi connectivity index (χ3n) is 0.500. The fraction of sp³-hybridized carbons (Fsp3) is 0.200. The van der Waals surface area contributed by atoms with E-state index in [1.54, 1.807) is 36.5 Å². The zero-order chi connectivity index (χ0) is 10.2. The Bertz CT molecular complexity index is 91.6. The van der Waals surface area contributed by atoms with Gasteiger partial charge >= 0.3 is 0 Å². The molecule has 0 aliphatic rings. The van der Waals surface area contributed by atoms with E-state index >= 15 is 0 Å². The molecule has 0 aromatic carbocycles. The molecule has 0 heteroatoms. The second-order valence-electron chi connectivity index (χ2n) is 1.41. The smallest absolute Gasteiger partial charge is 0.0701 e. The first-order chi connectivity index (χ1) is 5.74. The molecule has 0 spiro atoms. The molecule has 0 heterocycles.